The fourth-order valence-electron chi connectivity index (χ4n) is 5.82. The third-order valence-electron chi connectivity index (χ3n) is 8.31. The van der Waals surface area contributed by atoms with E-state index in [0.717, 1.165) is 34.6 Å². The molecule has 4 aromatic carbocycles. The maximum atomic E-state index is 15.9. The molecule has 48 heavy (non-hydrogen) atoms. The maximum Gasteiger partial charge on any atom is 0.258 e. The van der Waals surface area contributed by atoms with E-state index in [9.17, 15) is 4.79 Å². The van der Waals surface area contributed by atoms with Gasteiger partial charge in [0.25, 0.3) is 5.91 Å². The van der Waals surface area contributed by atoms with Crippen LogP contribution in [0.4, 0.5) is 9.52 Å². The zero-order chi connectivity index (χ0) is 33.4. The number of hydrogen-bond acceptors (Lipinski definition) is 9. The lowest BCUT2D eigenvalue weighted by Crippen LogP contribution is -2.30. The lowest BCUT2D eigenvalue weighted by molar-refractivity contribution is -0.123. The van der Waals surface area contributed by atoms with Crippen LogP contribution in [-0.2, 0) is 24.4 Å². The van der Waals surface area contributed by atoms with Crippen molar-refractivity contribution in [2.24, 2.45) is 5.73 Å². The van der Waals surface area contributed by atoms with Gasteiger partial charge in [-0.05, 0) is 60.9 Å². The number of aromatic nitrogens is 3. The largest absolute Gasteiger partial charge is 0.497 e. The minimum absolute atomic E-state index is 0.306. The molecule has 0 unspecified atom stereocenters. The van der Waals surface area contributed by atoms with Crippen LogP contribution in [0.25, 0.3) is 32.6 Å². The summed E-state index contributed by atoms with van der Waals surface area (Å²) in [6, 6.07) is 22.7. The molecule has 0 aliphatic carbocycles. The molecule has 0 fully saturated rings. The number of primary amides is 1. The first-order valence-corrected chi connectivity index (χ1v) is 16.4. The minimum Gasteiger partial charge on any atom is -0.497 e. The number of aryl methyl sites for hydroxylation is 1. The normalized spacial score (nSPS) is 13.2. The number of benzene rings is 4. The molecule has 6 aromatic rings. The Morgan fingerprint density at radius 1 is 0.979 bits per heavy atom. The van der Waals surface area contributed by atoms with Crippen molar-refractivity contribution < 1.29 is 28.1 Å². The summed E-state index contributed by atoms with van der Waals surface area (Å²) in [5.41, 5.74) is 9.89. The van der Waals surface area contributed by atoms with Gasteiger partial charge in [-0.25, -0.2) is 14.4 Å². The first-order valence-electron chi connectivity index (χ1n) is 15.5. The molecule has 0 saturated heterocycles. The number of carbonyl (C=O) groups excluding carboxylic acids is 1. The summed E-state index contributed by atoms with van der Waals surface area (Å²) in [5.74, 6) is 2.17. The summed E-state index contributed by atoms with van der Waals surface area (Å²) in [7, 11) is 3.28. The Bertz CT molecular complexity index is 2060. The Morgan fingerprint density at radius 3 is 2.27 bits per heavy atom. The van der Waals surface area contributed by atoms with Crippen molar-refractivity contribution in [2.45, 2.75) is 39.1 Å². The van der Waals surface area contributed by atoms with E-state index >= 15 is 4.39 Å². The van der Waals surface area contributed by atoms with Crippen molar-refractivity contribution in [3.63, 3.8) is 0 Å². The number of ether oxygens (including phenoxy) is 4. The van der Waals surface area contributed by atoms with Gasteiger partial charge in [0.1, 0.15) is 39.9 Å². The highest BCUT2D eigenvalue weighted by Gasteiger charge is 2.24. The predicted molar refractivity (Wildman–Crippen MR) is 184 cm³/mol. The summed E-state index contributed by atoms with van der Waals surface area (Å²) in [6.07, 6.45) is -0.0877. The number of fused-ring (bicyclic) bond motifs is 1. The van der Waals surface area contributed by atoms with Crippen molar-refractivity contribution in [3.05, 3.63) is 89.7 Å². The van der Waals surface area contributed by atoms with Crippen LogP contribution in [-0.4, -0.2) is 47.4 Å². The molecule has 1 amide bonds. The Hall–Kier alpha value is -5.36. The molecule has 1 aliphatic rings. The van der Waals surface area contributed by atoms with Crippen LogP contribution >= 0.6 is 11.3 Å². The van der Waals surface area contributed by atoms with Crippen LogP contribution in [0, 0.1) is 5.82 Å². The molecule has 7 rings (SSSR count). The van der Waals surface area contributed by atoms with Crippen LogP contribution in [0.5, 0.6) is 23.0 Å². The van der Waals surface area contributed by atoms with Crippen molar-refractivity contribution in [2.75, 3.05) is 25.7 Å². The molecule has 246 valence electrons. The number of halogens is 1. The van der Waals surface area contributed by atoms with Gasteiger partial charge in [0.15, 0.2) is 17.1 Å². The third-order valence-corrected chi connectivity index (χ3v) is 9.37. The molecular formula is C36H34FN5O5S. The van der Waals surface area contributed by atoms with E-state index in [4.69, 9.17) is 34.6 Å². The number of methoxy groups -OCH3 is 2. The number of nitrogens with zero attached hydrogens (tertiary/aromatic N) is 4. The van der Waals surface area contributed by atoms with E-state index in [1.807, 2.05) is 54.6 Å². The van der Waals surface area contributed by atoms with Crippen molar-refractivity contribution in [3.8, 4) is 34.4 Å². The molecular weight excluding hydrogens is 633 g/mol. The number of amides is 1. The van der Waals surface area contributed by atoms with Crippen molar-refractivity contribution >= 4 is 43.6 Å². The molecule has 1 aliphatic heterocycles. The van der Waals surface area contributed by atoms with Crippen molar-refractivity contribution in [1.82, 2.24) is 14.5 Å². The fourth-order valence-corrected chi connectivity index (χ4v) is 6.84. The van der Waals surface area contributed by atoms with Crippen LogP contribution in [0.1, 0.15) is 24.5 Å². The Kier molecular flexibility index (Phi) is 8.49. The number of nitrogens with two attached hydrogens (primary N) is 1. The van der Waals surface area contributed by atoms with Gasteiger partial charge in [0.05, 0.1) is 31.0 Å². The molecule has 12 heteroatoms. The van der Waals surface area contributed by atoms with Crippen molar-refractivity contribution in [1.29, 1.82) is 0 Å². The molecule has 1 atom stereocenters. The van der Waals surface area contributed by atoms with Gasteiger partial charge >= 0.3 is 0 Å². The molecule has 2 aromatic heterocycles. The Labute approximate surface area is 280 Å². The molecule has 2 N–H and O–H groups in total. The monoisotopic (exact) mass is 667 g/mol. The minimum atomic E-state index is -0.826. The lowest BCUT2D eigenvalue weighted by Gasteiger charge is -2.22. The van der Waals surface area contributed by atoms with Crippen LogP contribution < -0.4 is 29.6 Å². The quantitative estimate of drug-likeness (QED) is 0.162. The fraction of sp³-hybridized carbons (Fsp3) is 0.250. The summed E-state index contributed by atoms with van der Waals surface area (Å²) in [5, 5.41) is 0.695. The molecule has 0 bridgehead atoms. The molecule has 10 nitrogen and oxygen atoms in total. The summed E-state index contributed by atoms with van der Waals surface area (Å²) in [6.45, 7) is 3.84. The van der Waals surface area contributed by atoms with E-state index < -0.39 is 17.8 Å². The van der Waals surface area contributed by atoms with Gasteiger partial charge in [0.2, 0.25) is 0 Å². The van der Waals surface area contributed by atoms with E-state index in [-0.39, 0.29) is 0 Å². The number of imidazole rings is 1. The number of thiazole rings is 1. The lowest BCUT2D eigenvalue weighted by atomic mass is 10.1. The van der Waals surface area contributed by atoms with E-state index in [0.29, 0.717) is 70.0 Å². The topological polar surface area (TPSA) is 114 Å². The maximum absolute atomic E-state index is 15.9. The summed E-state index contributed by atoms with van der Waals surface area (Å²) in [4.78, 5) is 23.5. The van der Waals surface area contributed by atoms with E-state index in [1.54, 1.807) is 33.3 Å². The number of carbonyl (C=O) groups is 1. The zero-order valence-corrected chi connectivity index (χ0v) is 27.6. The van der Waals surface area contributed by atoms with Gasteiger partial charge in [-0.1, -0.05) is 35.6 Å². The zero-order valence-electron chi connectivity index (χ0n) is 26.7. The van der Waals surface area contributed by atoms with E-state index in [2.05, 4.69) is 9.47 Å². The van der Waals surface area contributed by atoms with Gasteiger partial charge in [0, 0.05) is 37.3 Å². The SMILES string of the molecule is COc1ccc(CN(Cc2ccc(OC)cc2)c2nc3c(F)cc(-c4nc5cc(O[C@@H](C)C(N)=O)cc6c5n4CCCO6)cc3s2)cc1. The molecule has 0 saturated carbocycles. The number of anilines is 1. The number of rotatable bonds is 11. The average molecular weight is 668 g/mol. The van der Waals surface area contributed by atoms with Gasteiger partial charge < -0.3 is 34.1 Å². The second-order valence-corrected chi connectivity index (χ2v) is 12.6. The summed E-state index contributed by atoms with van der Waals surface area (Å²) >= 11 is 1.44. The Balaban J connectivity index is 1.27. The van der Waals surface area contributed by atoms with Crippen LogP contribution in [0.15, 0.2) is 72.8 Å². The van der Waals surface area contributed by atoms with Crippen LogP contribution in [0.3, 0.4) is 0 Å². The third kappa shape index (κ3) is 6.18. The highest BCUT2D eigenvalue weighted by atomic mass is 32.1. The van der Waals surface area contributed by atoms with Gasteiger partial charge in [-0.3, -0.25) is 4.79 Å². The van der Waals surface area contributed by atoms with Crippen LogP contribution in [0.2, 0.25) is 0 Å². The van der Waals surface area contributed by atoms with E-state index in [1.165, 1.54) is 17.4 Å². The highest BCUT2D eigenvalue weighted by Crippen LogP contribution is 2.40. The highest BCUT2D eigenvalue weighted by molar-refractivity contribution is 7.22. The predicted octanol–water partition coefficient (Wildman–Crippen LogP) is 6.71. The second-order valence-electron chi connectivity index (χ2n) is 11.6. The molecule has 0 spiro atoms. The standard InChI is InChI=1S/C36H34FN5O5S/c1-21(34(38)43)47-27-17-29-33-30(18-27)46-14-4-13-42(33)35(39-29)24-15-28(37)32-31(16-24)48-36(40-32)41(19-22-5-9-25(44-2)10-6-22)20-23-7-11-26(45-3)12-8-23/h5-12,15-18,21H,4,13-14,19-20H2,1-3H3,(H2,38,43)/t21-/m0/s1. The average Bonchev–Trinajstić information content (AvgIpc) is 3.62. The first-order chi connectivity index (χ1) is 23.3. The van der Waals surface area contributed by atoms with Gasteiger partial charge in [-0.15, -0.1) is 0 Å². The summed E-state index contributed by atoms with van der Waals surface area (Å²) < 4.78 is 41.2. The smallest absolute Gasteiger partial charge is 0.258 e. The second kappa shape index (κ2) is 13.0. The molecule has 0 radical (unpaired) electrons. The Morgan fingerprint density at radius 2 is 1.65 bits per heavy atom. The first kappa shape index (κ1) is 31.3. The van der Waals surface area contributed by atoms with Gasteiger partial charge in [-0.2, -0.15) is 0 Å². The molecule has 3 heterocycles. The number of hydrogen-bond donors (Lipinski definition) is 1.